The molecule has 0 radical (unpaired) electrons. The molecular formula is C40H33N3O6. The van der Waals surface area contributed by atoms with Crippen molar-refractivity contribution in [3.63, 3.8) is 0 Å². The first-order valence-corrected chi connectivity index (χ1v) is 16.4. The number of para-hydroxylation sites is 2. The topological polar surface area (TPSA) is 113 Å². The van der Waals surface area contributed by atoms with Crippen molar-refractivity contribution in [3.8, 4) is 11.4 Å². The number of nitrogens with zero attached hydrogens (tertiary/aromatic N) is 3. The van der Waals surface area contributed by atoms with Crippen LogP contribution in [0.2, 0.25) is 0 Å². The van der Waals surface area contributed by atoms with E-state index in [-0.39, 0.29) is 37.7 Å². The molecular weight excluding hydrogens is 618 g/mol. The van der Waals surface area contributed by atoms with Gasteiger partial charge in [-0.05, 0) is 47.4 Å². The fourth-order valence-electron chi connectivity index (χ4n) is 8.28. The number of aromatic nitrogens is 3. The molecule has 3 aliphatic rings. The minimum atomic E-state index is -1.40. The summed E-state index contributed by atoms with van der Waals surface area (Å²) in [6.07, 6.45) is 3.54. The van der Waals surface area contributed by atoms with E-state index < -0.39 is 34.7 Å². The Kier molecular flexibility index (Phi) is 7.49. The van der Waals surface area contributed by atoms with Gasteiger partial charge in [0.05, 0.1) is 30.3 Å². The summed E-state index contributed by atoms with van der Waals surface area (Å²) >= 11 is 0. The number of hydrogen-bond acceptors (Lipinski definition) is 6. The normalized spacial score (nSPS) is 22.8. The predicted octanol–water partition coefficient (Wildman–Crippen LogP) is 4.63. The Hall–Kier alpha value is -5.80. The molecule has 1 aliphatic heterocycles. The van der Waals surface area contributed by atoms with Crippen LogP contribution in [0, 0.1) is 5.92 Å². The van der Waals surface area contributed by atoms with Crippen LogP contribution in [0.4, 0.5) is 0 Å². The monoisotopic (exact) mass is 651 g/mol. The number of fused-ring (bicyclic) bond motifs is 4. The van der Waals surface area contributed by atoms with E-state index in [1.807, 2.05) is 91.0 Å². The number of aliphatic hydroxyl groups is 1. The molecule has 0 amide bonds. The summed E-state index contributed by atoms with van der Waals surface area (Å²) in [7, 11) is 0. The van der Waals surface area contributed by atoms with Crippen LogP contribution in [0.15, 0.2) is 143 Å². The van der Waals surface area contributed by atoms with Crippen molar-refractivity contribution in [2.24, 2.45) is 5.92 Å². The van der Waals surface area contributed by atoms with E-state index in [9.17, 15) is 14.7 Å². The van der Waals surface area contributed by atoms with Crippen LogP contribution in [0.3, 0.4) is 0 Å². The molecule has 9 heteroatoms. The molecule has 4 atom stereocenters. The van der Waals surface area contributed by atoms with Gasteiger partial charge in [0.15, 0.2) is 11.6 Å². The molecule has 9 nitrogen and oxygen atoms in total. The van der Waals surface area contributed by atoms with Crippen LogP contribution in [0.1, 0.15) is 35.1 Å². The van der Waals surface area contributed by atoms with Crippen LogP contribution in [-0.2, 0) is 21.5 Å². The minimum absolute atomic E-state index is 0.0256. The van der Waals surface area contributed by atoms with Gasteiger partial charge in [-0.3, -0.25) is 9.59 Å². The lowest BCUT2D eigenvalue weighted by Gasteiger charge is -2.54. The standard InChI is InChI=1S/C40H33N3O6/c44-22-23-49-34-19-11-10-18-30(34)36-29-20-21-41-38(47)42(28-16-8-3-9-17-28)39(48)43(41)33(29)25-32-37(46)31(26-12-4-1-5-13-26)24-35(45)40(32,36)27-14-6-2-7-15-27/h1-20,24,32-33,36,44H,21-23,25H2. The molecule has 4 aromatic carbocycles. The first-order valence-electron chi connectivity index (χ1n) is 16.4. The van der Waals surface area contributed by atoms with Crippen LogP contribution < -0.4 is 16.1 Å². The number of allylic oxidation sites excluding steroid dienone is 4. The molecule has 1 fully saturated rings. The van der Waals surface area contributed by atoms with E-state index in [1.165, 1.54) is 15.4 Å². The second-order valence-electron chi connectivity index (χ2n) is 12.6. The zero-order valence-corrected chi connectivity index (χ0v) is 26.5. The molecule has 0 spiro atoms. The molecule has 8 rings (SSSR count). The summed E-state index contributed by atoms with van der Waals surface area (Å²) in [5, 5.41) is 9.69. The lowest BCUT2D eigenvalue weighted by atomic mass is 9.47. The van der Waals surface area contributed by atoms with E-state index in [0.29, 0.717) is 33.7 Å². The Morgan fingerprint density at radius 2 is 1.43 bits per heavy atom. The highest BCUT2D eigenvalue weighted by molar-refractivity contribution is 6.31. The molecule has 5 aromatic rings. The second-order valence-corrected chi connectivity index (χ2v) is 12.6. The van der Waals surface area contributed by atoms with Gasteiger partial charge in [0, 0.05) is 23.0 Å². The van der Waals surface area contributed by atoms with Crippen molar-refractivity contribution in [1.29, 1.82) is 0 Å². The first-order chi connectivity index (χ1) is 24.0. The average molecular weight is 652 g/mol. The fourth-order valence-corrected chi connectivity index (χ4v) is 8.28. The number of aliphatic hydroxyl groups excluding tert-OH is 1. The van der Waals surface area contributed by atoms with Gasteiger partial charge in [0.25, 0.3) is 0 Å². The summed E-state index contributed by atoms with van der Waals surface area (Å²) in [4.78, 5) is 58.4. The number of Topliss-reactive ketones (excluding diaryl/α,β-unsaturated/α-hetero) is 1. The van der Waals surface area contributed by atoms with Gasteiger partial charge >= 0.3 is 11.4 Å². The maximum absolute atomic E-state index is 15.2. The molecule has 2 heterocycles. The lowest BCUT2D eigenvalue weighted by Crippen LogP contribution is -2.58. The number of ether oxygens (including phenoxy) is 1. The highest BCUT2D eigenvalue weighted by Gasteiger charge is 2.63. The zero-order valence-electron chi connectivity index (χ0n) is 26.5. The highest BCUT2D eigenvalue weighted by Crippen LogP contribution is 2.62. The smallest absolute Gasteiger partial charge is 0.352 e. The highest BCUT2D eigenvalue weighted by atomic mass is 16.5. The fraction of sp³-hybridized carbons (Fsp3) is 0.200. The molecule has 2 aliphatic carbocycles. The van der Waals surface area contributed by atoms with Gasteiger partial charge in [-0.15, -0.1) is 0 Å². The Morgan fingerprint density at radius 1 is 0.776 bits per heavy atom. The third-order valence-corrected chi connectivity index (χ3v) is 10.2. The Balaban J connectivity index is 1.43. The number of carbonyl (C=O) groups excluding carboxylic acids is 2. The molecule has 1 saturated carbocycles. The van der Waals surface area contributed by atoms with Crippen molar-refractivity contribution in [2.75, 3.05) is 13.2 Å². The SMILES string of the molecule is O=C1C(c2ccccc2)=CC(=O)C2(c3ccccc3)C1CC1C(=CCn3c(=O)n(-c4ccccc4)c(=O)n31)C2c1ccccc1OCCO. The Bertz CT molecular complexity index is 2270. The van der Waals surface area contributed by atoms with Crippen LogP contribution in [0.25, 0.3) is 11.3 Å². The molecule has 244 valence electrons. The van der Waals surface area contributed by atoms with Gasteiger partial charge < -0.3 is 9.84 Å². The van der Waals surface area contributed by atoms with Crippen molar-refractivity contribution in [1.82, 2.24) is 13.9 Å². The van der Waals surface area contributed by atoms with Gasteiger partial charge in [-0.2, -0.15) is 0 Å². The van der Waals surface area contributed by atoms with Crippen molar-refractivity contribution in [3.05, 3.63) is 171 Å². The van der Waals surface area contributed by atoms with Gasteiger partial charge in [0.2, 0.25) is 0 Å². The molecule has 0 bridgehead atoms. The van der Waals surface area contributed by atoms with E-state index in [1.54, 1.807) is 30.3 Å². The molecule has 49 heavy (non-hydrogen) atoms. The predicted molar refractivity (Wildman–Crippen MR) is 184 cm³/mol. The van der Waals surface area contributed by atoms with Gasteiger partial charge in [-0.25, -0.2) is 23.5 Å². The van der Waals surface area contributed by atoms with E-state index >= 15 is 9.59 Å². The van der Waals surface area contributed by atoms with E-state index in [4.69, 9.17) is 4.74 Å². The third-order valence-electron chi connectivity index (χ3n) is 10.2. The summed E-state index contributed by atoms with van der Waals surface area (Å²) < 4.78 is 10.1. The molecule has 1 aromatic heterocycles. The van der Waals surface area contributed by atoms with Crippen molar-refractivity contribution < 1.29 is 19.4 Å². The van der Waals surface area contributed by atoms with Gasteiger partial charge in [-0.1, -0.05) is 103 Å². The maximum Gasteiger partial charge on any atom is 0.352 e. The molecule has 1 N–H and O–H groups in total. The summed E-state index contributed by atoms with van der Waals surface area (Å²) in [6.45, 7) is -0.0947. The van der Waals surface area contributed by atoms with Crippen LogP contribution in [0.5, 0.6) is 5.75 Å². The third kappa shape index (κ3) is 4.57. The quantitative estimate of drug-likeness (QED) is 0.257. The van der Waals surface area contributed by atoms with E-state index in [2.05, 4.69) is 0 Å². The van der Waals surface area contributed by atoms with Crippen molar-refractivity contribution >= 4 is 17.1 Å². The Labute approximate surface area is 281 Å². The number of benzene rings is 4. The summed E-state index contributed by atoms with van der Waals surface area (Å²) in [5.74, 6) is -1.63. The largest absolute Gasteiger partial charge is 0.491 e. The number of hydrogen-bond donors (Lipinski definition) is 1. The first kappa shape index (κ1) is 30.5. The average Bonchev–Trinajstić information content (AvgIpc) is 3.41. The number of rotatable bonds is 7. The lowest BCUT2D eigenvalue weighted by molar-refractivity contribution is -0.133. The summed E-state index contributed by atoms with van der Waals surface area (Å²) in [6, 6.07) is 34.0. The number of ketones is 2. The van der Waals surface area contributed by atoms with Crippen molar-refractivity contribution in [2.45, 2.75) is 30.3 Å². The number of carbonyl (C=O) groups is 2. The van der Waals surface area contributed by atoms with Gasteiger partial charge in [0.1, 0.15) is 12.4 Å². The zero-order chi connectivity index (χ0) is 33.7. The van der Waals surface area contributed by atoms with Crippen LogP contribution >= 0.6 is 0 Å². The molecule has 4 unspecified atom stereocenters. The van der Waals surface area contributed by atoms with E-state index in [0.717, 1.165) is 10.1 Å². The minimum Gasteiger partial charge on any atom is -0.491 e. The molecule has 0 saturated heterocycles. The Morgan fingerprint density at radius 3 is 2.14 bits per heavy atom. The maximum atomic E-state index is 15.2. The second kappa shape index (κ2) is 12.0. The summed E-state index contributed by atoms with van der Waals surface area (Å²) in [5.41, 5.74) is 1.10. The van der Waals surface area contributed by atoms with Crippen LogP contribution in [-0.4, -0.2) is 43.8 Å².